The van der Waals surface area contributed by atoms with Crippen LogP contribution >= 0.6 is 0 Å². The minimum absolute atomic E-state index is 0.122. The number of benzene rings is 1. The van der Waals surface area contributed by atoms with Crippen LogP contribution in [0, 0.1) is 0 Å². The van der Waals surface area contributed by atoms with Crippen molar-refractivity contribution in [2.75, 3.05) is 38.9 Å². The molecule has 6 N–H and O–H groups in total. The summed E-state index contributed by atoms with van der Waals surface area (Å²) in [6.45, 7) is 1.76. The Balaban J connectivity index is 2.15. The van der Waals surface area contributed by atoms with Crippen molar-refractivity contribution < 1.29 is 23.8 Å². The standard InChI is InChI=1S/C17H22N4O5/c1-24-6-7-25-8-9-26-14-5-3-2-4-11(14)13-10-12(15(18)22)16(20-13)21-17(19)23/h2-5,10,20H,6-9H2,1H3,(H2,18,22)(H3,19,21,23). The number of primary amides is 2. The van der Waals surface area contributed by atoms with Gasteiger partial charge in [0.1, 0.15) is 18.2 Å². The maximum Gasteiger partial charge on any atom is 0.317 e. The second kappa shape index (κ2) is 9.44. The molecular weight excluding hydrogens is 340 g/mol. The Morgan fingerprint density at radius 3 is 2.54 bits per heavy atom. The molecule has 0 aliphatic heterocycles. The van der Waals surface area contributed by atoms with Gasteiger partial charge in [-0.15, -0.1) is 0 Å². The number of methoxy groups -OCH3 is 1. The summed E-state index contributed by atoms with van der Waals surface area (Å²) in [5, 5.41) is 2.35. The van der Waals surface area contributed by atoms with E-state index in [0.717, 1.165) is 0 Å². The number of amides is 3. The zero-order valence-corrected chi connectivity index (χ0v) is 14.4. The largest absolute Gasteiger partial charge is 0.490 e. The summed E-state index contributed by atoms with van der Waals surface area (Å²) in [4.78, 5) is 25.6. The third-order valence-electron chi connectivity index (χ3n) is 3.43. The molecule has 1 aromatic carbocycles. The molecule has 0 radical (unpaired) electrons. The number of carbonyl (C=O) groups is 2. The van der Waals surface area contributed by atoms with Gasteiger partial charge in [0.25, 0.3) is 5.91 Å². The minimum Gasteiger partial charge on any atom is -0.490 e. The zero-order valence-electron chi connectivity index (χ0n) is 14.4. The molecule has 0 spiro atoms. The molecule has 9 heteroatoms. The summed E-state index contributed by atoms with van der Waals surface area (Å²) >= 11 is 0. The molecule has 1 aromatic heterocycles. The lowest BCUT2D eigenvalue weighted by atomic mass is 10.1. The SMILES string of the molecule is COCCOCCOc1ccccc1-c1cc(C(N)=O)c(NC(N)=O)[nH]1. The first-order valence-electron chi connectivity index (χ1n) is 7.91. The van der Waals surface area contributed by atoms with Crippen molar-refractivity contribution in [2.45, 2.75) is 0 Å². The highest BCUT2D eigenvalue weighted by Crippen LogP contribution is 2.32. The van der Waals surface area contributed by atoms with Crippen LogP contribution in [-0.4, -0.2) is 50.5 Å². The van der Waals surface area contributed by atoms with Gasteiger partial charge >= 0.3 is 6.03 Å². The van der Waals surface area contributed by atoms with Crippen molar-refractivity contribution in [3.05, 3.63) is 35.9 Å². The van der Waals surface area contributed by atoms with Gasteiger partial charge in [-0.2, -0.15) is 0 Å². The number of hydrogen-bond donors (Lipinski definition) is 4. The van der Waals surface area contributed by atoms with Crippen LogP contribution in [-0.2, 0) is 9.47 Å². The molecule has 1 heterocycles. The van der Waals surface area contributed by atoms with E-state index in [4.69, 9.17) is 25.7 Å². The molecule has 0 aliphatic carbocycles. The van der Waals surface area contributed by atoms with Gasteiger partial charge in [0.05, 0.1) is 31.1 Å². The van der Waals surface area contributed by atoms with Crippen LogP contribution in [0.2, 0.25) is 0 Å². The first-order valence-corrected chi connectivity index (χ1v) is 7.91. The van der Waals surface area contributed by atoms with E-state index in [1.165, 1.54) is 6.07 Å². The minimum atomic E-state index is -0.807. The molecule has 0 fully saturated rings. The number of aromatic nitrogens is 1. The fraction of sp³-hybridized carbons (Fsp3) is 0.294. The van der Waals surface area contributed by atoms with Gasteiger partial charge in [-0.1, -0.05) is 12.1 Å². The third-order valence-corrected chi connectivity index (χ3v) is 3.43. The molecular formula is C17H22N4O5. The van der Waals surface area contributed by atoms with Crippen LogP contribution in [0.4, 0.5) is 10.6 Å². The lowest BCUT2D eigenvalue weighted by Gasteiger charge is -2.11. The quantitative estimate of drug-likeness (QED) is 0.472. The Kier molecular flexibility index (Phi) is 7.01. The first-order chi connectivity index (χ1) is 12.5. The molecule has 140 valence electrons. The molecule has 2 rings (SSSR count). The van der Waals surface area contributed by atoms with E-state index in [1.807, 2.05) is 18.2 Å². The number of anilines is 1. The fourth-order valence-corrected chi connectivity index (χ4v) is 2.29. The number of nitrogens with one attached hydrogen (secondary N) is 2. The van der Waals surface area contributed by atoms with Crippen LogP contribution in [0.1, 0.15) is 10.4 Å². The number of rotatable bonds is 10. The number of ether oxygens (including phenoxy) is 3. The molecule has 3 amide bonds. The molecule has 0 saturated heterocycles. The van der Waals surface area contributed by atoms with Gasteiger partial charge in [-0.3, -0.25) is 10.1 Å². The Morgan fingerprint density at radius 2 is 1.85 bits per heavy atom. The van der Waals surface area contributed by atoms with Gasteiger partial charge in [0, 0.05) is 12.7 Å². The predicted octanol–water partition coefficient (Wildman–Crippen LogP) is 1.31. The highest BCUT2D eigenvalue weighted by molar-refractivity contribution is 6.03. The fourth-order valence-electron chi connectivity index (χ4n) is 2.29. The molecule has 0 atom stereocenters. The summed E-state index contributed by atoms with van der Waals surface area (Å²) in [5.41, 5.74) is 11.8. The highest BCUT2D eigenvalue weighted by atomic mass is 16.5. The maximum absolute atomic E-state index is 11.6. The van der Waals surface area contributed by atoms with E-state index < -0.39 is 11.9 Å². The zero-order chi connectivity index (χ0) is 18.9. The molecule has 9 nitrogen and oxygen atoms in total. The Hall–Kier alpha value is -3.04. The van der Waals surface area contributed by atoms with Crippen molar-refractivity contribution in [3.8, 4) is 17.0 Å². The molecule has 0 aliphatic rings. The number of urea groups is 1. The number of nitrogens with two attached hydrogens (primary N) is 2. The van der Waals surface area contributed by atoms with Gasteiger partial charge < -0.3 is 30.7 Å². The smallest absolute Gasteiger partial charge is 0.317 e. The number of para-hydroxylation sites is 1. The molecule has 0 bridgehead atoms. The van der Waals surface area contributed by atoms with E-state index in [-0.39, 0.29) is 11.4 Å². The normalized spacial score (nSPS) is 10.5. The van der Waals surface area contributed by atoms with E-state index in [1.54, 1.807) is 13.2 Å². The molecule has 0 saturated carbocycles. The Labute approximate surface area is 150 Å². The second-order valence-electron chi connectivity index (χ2n) is 5.27. The van der Waals surface area contributed by atoms with Gasteiger partial charge in [0.15, 0.2) is 0 Å². The lowest BCUT2D eigenvalue weighted by molar-refractivity contribution is 0.0545. The maximum atomic E-state index is 11.6. The number of hydrogen-bond acceptors (Lipinski definition) is 5. The monoisotopic (exact) mass is 362 g/mol. The van der Waals surface area contributed by atoms with Crippen molar-refractivity contribution in [1.29, 1.82) is 0 Å². The lowest BCUT2D eigenvalue weighted by Crippen LogP contribution is -2.22. The third kappa shape index (κ3) is 5.23. The van der Waals surface area contributed by atoms with Crippen LogP contribution in [0.25, 0.3) is 11.3 Å². The van der Waals surface area contributed by atoms with Gasteiger partial charge in [0.2, 0.25) is 0 Å². The Bertz CT molecular complexity index is 759. The van der Waals surface area contributed by atoms with E-state index >= 15 is 0 Å². The summed E-state index contributed by atoms with van der Waals surface area (Å²) in [6, 6.07) is 7.97. The molecule has 26 heavy (non-hydrogen) atoms. The predicted molar refractivity (Wildman–Crippen MR) is 96.1 cm³/mol. The highest BCUT2D eigenvalue weighted by Gasteiger charge is 2.17. The van der Waals surface area contributed by atoms with Crippen molar-refractivity contribution in [3.63, 3.8) is 0 Å². The summed E-state index contributed by atoms with van der Waals surface area (Å²) in [6.07, 6.45) is 0. The van der Waals surface area contributed by atoms with Crippen LogP contribution < -0.4 is 21.5 Å². The van der Waals surface area contributed by atoms with E-state index in [2.05, 4.69) is 10.3 Å². The first kappa shape index (κ1) is 19.3. The number of aromatic amines is 1. The second-order valence-corrected chi connectivity index (χ2v) is 5.27. The summed E-state index contributed by atoms with van der Waals surface area (Å²) in [7, 11) is 1.61. The number of H-pyrrole nitrogens is 1. The van der Waals surface area contributed by atoms with E-state index in [9.17, 15) is 9.59 Å². The molecule has 0 unspecified atom stereocenters. The molecule has 2 aromatic rings. The van der Waals surface area contributed by atoms with Crippen molar-refractivity contribution >= 4 is 17.8 Å². The van der Waals surface area contributed by atoms with Crippen molar-refractivity contribution in [1.82, 2.24) is 4.98 Å². The van der Waals surface area contributed by atoms with Crippen molar-refractivity contribution in [2.24, 2.45) is 11.5 Å². The average Bonchev–Trinajstić information content (AvgIpc) is 3.01. The number of carbonyl (C=O) groups excluding carboxylic acids is 2. The Morgan fingerprint density at radius 1 is 1.12 bits per heavy atom. The van der Waals surface area contributed by atoms with Gasteiger partial charge in [-0.25, -0.2) is 4.79 Å². The summed E-state index contributed by atoms with van der Waals surface area (Å²) < 4.78 is 16.0. The van der Waals surface area contributed by atoms with Gasteiger partial charge in [-0.05, 0) is 18.2 Å². The van der Waals surface area contributed by atoms with Crippen LogP contribution in [0.15, 0.2) is 30.3 Å². The van der Waals surface area contributed by atoms with E-state index in [0.29, 0.717) is 43.4 Å². The van der Waals surface area contributed by atoms with Crippen LogP contribution in [0.5, 0.6) is 5.75 Å². The average molecular weight is 362 g/mol. The van der Waals surface area contributed by atoms with Crippen LogP contribution in [0.3, 0.4) is 0 Å². The summed E-state index contributed by atoms with van der Waals surface area (Å²) in [5.74, 6) is 0.0321. The topological polar surface area (TPSA) is 142 Å².